The first kappa shape index (κ1) is 23.8. The van der Waals surface area contributed by atoms with E-state index in [0.29, 0.717) is 26.4 Å². The number of benzene rings is 3. The van der Waals surface area contributed by atoms with E-state index < -0.39 is 0 Å². The summed E-state index contributed by atoms with van der Waals surface area (Å²) in [4.78, 5) is 19.6. The van der Waals surface area contributed by atoms with Crippen LogP contribution in [0.1, 0.15) is 34.7 Å². The number of rotatable bonds is 4. The zero-order valence-corrected chi connectivity index (χ0v) is 22.6. The lowest BCUT2D eigenvalue weighted by Gasteiger charge is -2.31. The summed E-state index contributed by atoms with van der Waals surface area (Å²) in [5.74, 6) is 1.35. The number of phenols is 1. The highest BCUT2D eigenvalue weighted by molar-refractivity contribution is 9.10. The van der Waals surface area contributed by atoms with Gasteiger partial charge in [-0.15, -0.1) is 0 Å². The molecule has 0 saturated carbocycles. The zero-order chi connectivity index (χ0) is 25.7. The van der Waals surface area contributed by atoms with E-state index >= 15 is 0 Å². The monoisotopic (exact) mass is 574 g/mol. The van der Waals surface area contributed by atoms with E-state index in [0.717, 1.165) is 39.7 Å². The molecule has 2 heterocycles. The fourth-order valence-corrected chi connectivity index (χ4v) is 6.50. The summed E-state index contributed by atoms with van der Waals surface area (Å²) in [6, 6.07) is 19.0. The van der Waals surface area contributed by atoms with Gasteiger partial charge in [0.05, 0.1) is 30.5 Å². The summed E-state index contributed by atoms with van der Waals surface area (Å²) in [6.45, 7) is 0. The largest absolute Gasteiger partial charge is 0.507 e. The van der Waals surface area contributed by atoms with E-state index in [2.05, 4.69) is 34.1 Å². The number of hydrogen-bond donors (Lipinski definition) is 1. The molecule has 8 heteroatoms. The first-order valence-electron chi connectivity index (χ1n) is 11.8. The Morgan fingerprint density at radius 3 is 2.68 bits per heavy atom. The molecule has 1 aliphatic heterocycles. The third-order valence-corrected chi connectivity index (χ3v) is 8.35. The molecule has 0 saturated heterocycles. The van der Waals surface area contributed by atoms with Gasteiger partial charge in [0.2, 0.25) is 0 Å². The minimum Gasteiger partial charge on any atom is -0.507 e. The topological polar surface area (TPSA) is 73.0 Å². The fraction of sp³-hybridized carbons (Fsp3) is 0.172. The smallest absolute Gasteiger partial charge is 0.271 e. The Bertz CT molecular complexity index is 1770. The predicted molar refractivity (Wildman–Crippen MR) is 148 cm³/mol. The van der Waals surface area contributed by atoms with Crippen LogP contribution in [0.25, 0.3) is 11.8 Å². The zero-order valence-electron chi connectivity index (χ0n) is 20.2. The maximum Gasteiger partial charge on any atom is 0.271 e. The van der Waals surface area contributed by atoms with Crippen molar-refractivity contribution in [2.75, 3.05) is 14.2 Å². The van der Waals surface area contributed by atoms with Gasteiger partial charge in [-0.25, -0.2) is 4.99 Å². The summed E-state index contributed by atoms with van der Waals surface area (Å²) >= 11 is 4.78. The molecule has 1 atom stereocenters. The number of aryl methyl sites for hydroxylation is 1. The first-order chi connectivity index (χ1) is 18.0. The van der Waals surface area contributed by atoms with Crippen LogP contribution in [-0.2, 0) is 6.42 Å². The molecule has 186 valence electrons. The highest BCUT2D eigenvalue weighted by atomic mass is 79.9. The molecule has 6 rings (SSSR count). The van der Waals surface area contributed by atoms with Crippen LogP contribution in [0.15, 0.2) is 80.5 Å². The average Bonchev–Trinajstić information content (AvgIpc) is 3.23. The second-order valence-electron chi connectivity index (χ2n) is 8.93. The van der Waals surface area contributed by atoms with Gasteiger partial charge in [0.1, 0.15) is 5.75 Å². The number of halogens is 1. The number of aromatic hydroxyl groups is 1. The molecule has 1 N–H and O–H groups in total. The van der Waals surface area contributed by atoms with Gasteiger partial charge in [-0.3, -0.25) is 9.36 Å². The molecule has 3 aromatic carbocycles. The van der Waals surface area contributed by atoms with Crippen LogP contribution in [0.4, 0.5) is 0 Å². The minimum absolute atomic E-state index is 0.110. The molecule has 0 radical (unpaired) electrons. The predicted octanol–water partition coefficient (Wildman–Crippen LogP) is 4.80. The van der Waals surface area contributed by atoms with E-state index in [4.69, 9.17) is 14.5 Å². The van der Waals surface area contributed by atoms with Crippen LogP contribution in [0.5, 0.6) is 17.2 Å². The molecular weight excluding hydrogens is 552 g/mol. The molecule has 0 unspecified atom stereocenters. The van der Waals surface area contributed by atoms with Gasteiger partial charge in [-0.2, -0.15) is 0 Å². The van der Waals surface area contributed by atoms with Crippen molar-refractivity contribution in [1.29, 1.82) is 0 Å². The van der Waals surface area contributed by atoms with Gasteiger partial charge in [0, 0.05) is 15.6 Å². The number of methoxy groups -OCH3 is 2. The number of phenolic OH excluding ortho intramolecular Hbond substituents is 1. The van der Waals surface area contributed by atoms with Crippen molar-refractivity contribution in [2.24, 2.45) is 4.99 Å². The van der Waals surface area contributed by atoms with Crippen molar-refractivity contribution >= 4 is 39.0 Å². The van der Waals surface area contributed by atoms with Crippen LogP contribution >= 0.6 is 27.3 Å². The lowest BCUT2D eigenvalue weighted by Crippen LogP contribution is -2.38. The number of ether oxygens (including phenoxy) is 2. The maximum absolute atomic E-state index is 13.9. The molecule has 1 aromatic heterocycles. The maximum atomic E-state index is 13.9. The SMILES string of the molecule is COc1ccc([C@H]2C3=C(N=c4s/c(=C\c5cc(Br)ccc5O)c(=O)n42)c2ccccc2CC3)cc1OC. The summed E-state index contributed by atoms with van der Waals surface area (Å²) in [6.07, 6.45) is 3.40. The Morgan fingerprint density at radius 2 is 1.86 bits per heavy atom. The van der Waals surface area contributed by atoms with Gasteiger partial charge < -0.3 is 14.6 Å². The van der Waals surface area contributed by atoms with Crippen molar-refractivity contribution in [3.63, 3.8) is 0 Å². The molecular formula is C29H23BrN2O4S. The second-order valence-corrected chi connectivity index (χ2v) is 10.9. The van der Waals surface area contributed by atoms with E-state index in [1.165, 1.54) is 16.9 Å². The van der Waals surface area contributed by atoms with E-state index in [-0.39, 0.29) is 17.4 Å². The number of hydrogen-bond acceptors (Lipinski definition) is 6. The number of allylic oxidation sites excluding steroid dienone is 1. The van der Waals surface area contributed by atoms with Crippen LogP contribution in [-0.4, -0.2) is 23.9 Å². The molecule has 2 aliphatic rings. The van der Waals surface area contributed by atoms with Crippen molar-refractivity contribution in [3.05, 3.63) is 113 Å². The normalized spacial score (nSPS) is 16.5. The Kier molecular flexibility index (Phi) is 6.01. The van der Waals surface area contributed by atoms with Crippen LogP contribution in [0.2, 0.25) is 0 Å². The third kappa shape index (κ3) is 4.01. The quantitative estimate of drug-likeness (QED) is 0.380. The van der Waals surface area contributed by atoms with E-state index in [1.54, 1.807) is 43.1 Å². The molecule has 0 bridgehead atoms. The fourth-order valence-electron chi connectivity index (χ4n) is 5.13. The van der Waals surface area contributed by atoms with Crippen LogP contribution in [0.3, 0.4) is 0 Å². The molecule has 6 nitrogen and oxygen atoms in total. The van der Waals surface area contributed by atoms with Gasteiger partial charge in [-0.1, -0.05) is 57.6 Å². The highest BCUT2D eigenvalue weighted by Crippen LogP contribution is 2.42. The molecule has 0 fully saturated rings. The van der Waals surface area contributed by atoms with Crippen molar-refractivity contribution < 1.29 is 14.6 Å². The van der Waals surface area contributed by atoms with Crippen LogP contribution in [0, 0.1) is 0 Å². The highest BCUT2D eigenvalue weighted by Gasteiger charge is 2.33. The minimum atomic E-state index is -0.335. The summed E-state index contributed by atoms with van der Waals surface area (Å²) in [5, 5.41) is 10.4. The summed E-state index contributed by atoms with van der Waals surface area (Å²) in [5.41, 5.74) is 5.75. The molecule has 1 aliphatic carbocycles. The Labute approximate surface area is 225 Å². The van der Waals surface area contributed by atoms with Gasteiger partial charge in [-0.05, 0) is 65.9 Å². The number of fused-ring (bicyclic) bond motifs is 3. The molecule has 0 spiro atoms. The van der Waals surface area contributed by atoms with Gasteiger partial charge in [0.25, 0.3) is 5.56 Å². The van der Waals surface area contributed by atoms with Gasteiger partial charge >= 0.3 is 0 Å². The molecule has 4 aromatic rings. The number of nitrogens with zero attached hydrogens (tertiary/aromatic N) is 2. The van der Waals surface area contributed by atoms with Crippen LogP contribution < -0.4 is 24.4 Å². The molecule has 0 amide bonds. The second kappa shape index (κ2) is 9.36. The molecule has 37 heavy (non-hydrogen) atoms. The van der Waals surface area contributed by atoms with Crippen molar-refractivity contribution in [2.45, 2.75) is 18.9 Å². The standard InChI is InChI=1S/C29H23BrN2O4S/c1-35-23-12-8-17(14-24(23)36-2)27-21-10-7-16-5-3-4-6-20(16)26(21)31-29-32(27)28(34)25(37-29)15-18-13-19(30)9-11-22(18)33/h3-6,8-9,11-15,27,33H,7,10H2,1-2H3/b25-15-/t27-/m0/s1. The van der Waals surface area contributed by atoms with Crippen molar-refractivity contribution in [3.8, 4) is 17.2 Å². The summed E-state index contributed by atoms with van der Waals surface area (Å²) in [7, 11) is 3.22. The van der Waals surface area contributed by atoms with E-state index in [1.807, 2.05) is 24.3 Å². The third-order valence-electron chi connectivity index (χ3n) is 6.87. The Morgan fingerprint density at radius 1 is 1.05 bits per heavy atom. The number of thiazole rings is 1. The Hall–Kier alpha value is -3.62. The van der Waals surface area contributed by atoms with Crippen molar-refractivity contribution in [1.82, 2.24) is 4.57 Å². The van der Waals surface area contributed by atoms with Gasteiger partial charge in [0.15, 0.2) is 16.3 Å². The summed E-state index contributed by atoms with van der Waals surface area (Å²) < 4.78 is 14.2. The lowest BCUT2D eigenvalue weighted by atomic mass is 9.83. The Balaban J connectivity index is 1.63. The lowest BCUT2D eigenvalue weighted by molar-refractivity contribution is 0.354. The first-order valence-corrected chi connectivity index (χ1v) is 13.4. The number of aromatic nitrogens is 1. The average molecular weight is 575 g/mol. The van der Waals surface area contributed by atoms with E-state index in [9.17, 15) is 9.90 Å².